The van der Waals surface area contributed by atoms with Crippen molar-refractivity contribution in [3.05, 3.63) is 29.8 Å². The van der Waals surface area contributed by atoms with Crippen LogP contribution in [-0.4, -0.2) is 21.0 Å². The molecule has 1 aliphatic carbocycles. The van der Waals surface area contributed by atoms with Gasteiger partial charge in [-0.25, -0.2) is 13.1 Å². The first kappa shape index (κ1) is 15.5. The van der Waals surface area contributed by atoms with E-state index >= 15 is 0 Å². The Morgan fingerprint density at radius 2 is 1.70 bits per heavy atom. The van der Waals surface area contributed by atoms with Gasteiger partial charge in [-0.05, 0) is 44.5 Å². The normalized spacial score (nSPS) is 18.9. The molecule has 112 valence electrons. The Morgan fingerprint density at radius 3 is 2.25 bits per heavy atom. The fourth-order valence-corrected chi connectivity index (χ4v) is 4.27. The first-order chi connectivity index (χ1) is 9.45. The standard InChI is InChI=1S/C15H24N2O2S/c1-15(10-4-3-5-11-15)17-20(18,19)14-8-6-13(7-9-14)12-16-2/h6-9,16-17H,3-5,10-12H2,1-2H3. The van der Waals surface area contributed by atoms with E-state index in [4.69, 9.17) is 0 Å². The molecule has 0 unspecified atom stereocenters. The van der Waals surface area contributed by atoms with Crippen LogP contribution in [0, 0.1) is 0 Å². The number of nitrogens with one attached hydrogen (secondary N) is 2. The molecule has 0 saturated heterocycles. The van der Waals surface area contributed by atoms with Crippen molar-refractivity contribution in [3.63, 3.8) is 0 Å². The number of hydrogen-bond acceptors (Lipinski definition) is 3. The summed E-state index contributed by atoms with van der Waals surface area (Å²) < 4.78 is 27.8. The largest absolute Gasteiger partial charge is 0.316 e. The quantitative estimate of drug-likeness (QED) is 0.877. The Balaban J connectivity index is 2.13. The zero-order valence-corrected chi connectivity index (χ0v) is 13.1. The highest BCUT2D eigenvalue weighted by Gasteiger charge is 2.31. The third-order valence-corrected chi connectivity index (χ3v) is 5.61. The van der Waals surface area contributed by atoms with Gasteiger partial charge in [0.15, 0.2) is 0 Å². The van der Waals surface area contributed by atoms with Crippen LogP contribution >= 0.6 is 0 Å². The van der Waals surface area contributed by atoms with E-state index in [9.17, 15) is 8.42 Å². The summed E-state index contributed by atoms with van der Waals surface area (Å²) in [6.45, 7) is 2.75. The number of rotatable bonds is 5. The molecule has 2 rings (SSSR count). The van der Waals surface area contributed by atoms with Crippen molar-refractivity contribution < 1.29 is 8.42 Å². The van der Waals surface area contributed by atoms with Gasteiger partial charge in [0.05, 0.1) is 4.90 Å². The van der Waals surface area contributed by atoms with Crippen molar-refractivity contribution in [2.75, 3.05) is 7.05 Å². The van der Waals surface area contributed by atoms with E-state index in [0.717, 1.165) is 37.8 Å². The van der Waals surface area contributed by atoms with Crippen molar-refractivity contribution in [2.45, 2.75) is 56.0 Å². The van der Waals surface area contributed by atoms with Crippen molar-refractivity contribution in [2.24, 2.45) is 0 Å². The van der Waals surface area contributed by atoms with Crippen LogP contribution in [0.25, 0.3) is 0 Å². The van der Waals surface area contributed by atoms with Gasteiger partial charge in [0.1, 0.15) is 0 Å². The summed E-state index contributed by atoms with van der Waals surface area (Å²) in [4.78, 5) is 0.351. The molecule has 20 heavy (non-hydrogen) atoms. The summed E-state index contributed by atoms with van der Waals surface area (Å²) in [5.41, 5.74) is 0.788. The molecule has 0 spiro atoms. The molecule has 0 radical (unpaired) electrons. The lowest BCUT2D eigenvalue weighted by Crippen LogP contribution is -2.47. The van der Waals surface area contributed by atoms with Crippen molar-refractivity contribution in [1.82, 2.24) is 10.0 Å². The maximum absolute atomic E-state index is 12.4. The molecule has 0 bridgehead atoms. The van der Waals surface area contributed by atoms with Crippen LogP contribution < -0.4 is 10.0 Å². The van der Waals surface area contributed by atoms with Gasteiger partial charge in [0.25, 0.3) is 0 Å². The van der Waals surface area contributed by atoms with Gasteiger partial charge in [-0.1, -0.05) is 31.4 Å². The average Bonchev–Trinajstić information content (AvgIpc) is 2.39. The summed E-state index contributed by atoms with van der Waals surface area (Å²) >= 11 is 0. The van der Waals surface area contributed by atoms with Gasteiger partial charge >= 0.3 is 0 Å². The van der Waals surface area contributed by atoms with Gasteiger partial charge in [-0.3, -0.25) is 0 Å². The highest BCUT2D eigenvalue weighted by molar-refractivity contribution is 7.89. The maximum atomic E-state index is 12.4. The molecule has 0 amide bonds. The summed E-state index contributed by atoms with van der Waals surface area (Å²) in [7, 11) is -1.55. The molecule has 5 heteroatoms. The van der Waals surface area contributed by atoms with Crippen molar-refractivity contribution >= 4 is 10.0 Å². The fourth-order valence-electron chi connectivity index (χ4n) is 2.81. The van der Waals surface area contributed by atoms with Crippen LogP contribution in [0.1, 0.15) is 44.6 Å². The van der Waals surface area contributed by atoms with Gasteiger partial charge in [0.2, 0.25) is 10.0 Å². The van der Waals surface area contributed by atoms with E-state index in [1.54, 1.807) is 12.1 Å². The van der Waals surface area contributed by atoms with Crippen LogP contribution in [-0.2, 0) is 16.6 Å². The second kappa shape index (κ2) is 6.24. The molecule has 0 aromatic heterocycles. The summed E-state index contributed by atoms with van der Waals surface area (Å²) in [6, 6.07) is 7.07. The van der Waals surface area contributed by atoms with Crippen molar-refractivity contribution in [1.29, 1.82) is 0 Å². The lowest BCUT2D eigenvalue weighted by Gasteiger charge is -2.34. The Bertz CT molecular complexity index is 531. The number of sulfonamides is 1. The first-order valence-electron chi connectivity index (χ1n) is 7.23. The molecule has 1 fully saturated rings. The summed E-state index contributed by atoms with van der Waals surface area (Å²) in [6.07, 6.45) is 5.24. The molecule has 1 aromatic carbocycles. The van der Waals surface area contributed by atoms with Crippen LogP contribution in [0.4, 0.5) is 0 Å². The molecular formula is C15H24N2O2S. The first-order valence-corrected chi connectivity index (χ1v) is 8.71. The van der Waals surface area contributed by atoms with Gasteiger partial charge in [0, 0.05) is 12.1 Å². The highest BCUT2D eigenvalue weighted by Crippen LogP contribution is 2.29. The Kier molecular flexibility index (Phi) is 4.83. The predicted molar refractivity (Wildman–Crippen MR) is 81.0 cm³/mol. The zero-order valence-electron chi connectivity index (χ0n) is 12.3. The Labute approximate surface area is 122 Å². The van der Waals surface area contributed by atoms with E-state index < -0.39 is 10.0 Å². The van der Waals surface area contributed by atoms with Crippen molar-refractivity contribution in [3.8, 4) is 0 Å². The maximum Gasteiger partial charge on any atom is 0.241 e. The third-order valence-electron chi connectivity index (χ3n) is 3.95. The summed E-state index contributed by atoms with van der Waals surface area (Å²) in [5.74, 6) is 0. The Morgan fingerprint density at radius 1 is 1.10 bits per heavy atom. The molecule has 2 N–H and O–H groups in total. The molecule has 1 aliphatic rings. The Hall–Kier alpha value is -0.910. The molecule has 4 nitrogen and oxygen atoms in total. The minimum atomic E-state index is -3.42. The van der Waals surface area contributed by atoms with E-state index in [0.29, 0.717) is 4.90 Å². The van der Waals surface area contributed by atoms with Gasteiger partial charge in [-0.2, -0.15) is 0 Å². The number of hydrogen-bond donors (Lipinski definition) is 2. The zero-order chi connectivity index (χ0) is 14.6. The SMILES string of the molecule is CNCc1ccc(S(=O)(=O)NC2(C)CCCCC2)cc1. The van der Waals surface area contributed by atoms with E-state index in [2.05, 4.69) is 10.0 Å². The molecule has 0 heterocycles. The second-order valence-corrected chi connectivity index (χ2v) is 7.58. The predicted octanol–water partition coefficient (Wildman–Crippen LogP) is 2.41. The smallest absolute Gasteiger partial charge is 0.241 e. The van der Waals surface area contributed by atoms with Gasteiger partial charge in [-0.15, -0.1) is 0 Å². The molecule has 0 atom stereocenters. The topological polar surface area (TPSA) is 58.2 Å². The van der Waals surface area contributed by atoms with Gasteiger partial charge < -0.3 is 5.32 Å². The minimum absolute atomic E-state index is 0.291. The van der Waals surface area contributed by atoms with Crippen LogP contribution in [0.2, 0.25) is 0 Å². The second-order valence-electron chi connectivity index (χ2n) is 5.90. The summed E-state index contributed by atoms with van der Waals surface area (Å²) in [5, 5.41) is 3.05. The molecular weight excluding hydrogens is 272 g/mol. The van der Waals surface area contributed by atoms with Crippen LogP contribution in [0.15, 0.2) is 29.2 Å². The van der Waals surface area contributed by atoms with E-state index in [1.807, 2.05) is 26.1 Å². The molecule has 1 saturated carbocycles. The van der Waals surface area contributed by atoms with E-state index in [-0.39, 0.29) is 5.54 Å². The van der Waals surface area contributed by atoms with Crippen LogP contribution in [0.5, 0.6) is 0 Å². The van der Waals surface area contributed by atoms with E-state index in [1.165, 1.54) is 6.42 Å². The highest BCUT2D eigenvalue weighted by atomic mass is 32.2. The minimum Gasteiger partial charge on any atom is -0.316 e. The lowest BCUT2D eigenvalue weighted by atomic mass is 9.84. The number of benzene rings is 1. The monoisotopic (exact) mass is 296 g/mol. The molecule has 0 aliphatic heterocycles. The third kappa shape index (κ3) is 3.81. The fraction of sp³-hybridized carbons (Fsp3) is 0.600. The lowest BCUT2D eigenvalue weighted by molar-refractivity contribution is 0.294. The van der Waals surface area contributed by atoms with Crippen LogP contribution in [0.3, 0.4) is 0 Å². The molecule has 1 aromatic rings. The average molecular weight is 296 g/mol.